The van der Waals surface area contributed by atoms with E-state index in [2.05, 4.69) is 0 Å². The molecule has 0 radical (unpaired) electrons. The maximum absolute atomic E-state index is 13.2. The fraction of sp³-hybridized carbons (Fsp3) is 0.478. The summed E-state index contributed by atoms with van der Waals surface area (Å²) in [6.45, 7) is 5.34. The minimum atomic E-state index is -0.179. The fourth-order valence-corrected chi connectivity index (χ4v) is 3.17. The minimum absolute atomic E-state index is 0.0131. The Bertz CT molecular complexity index is 833. The first-order valence-corrected chi connectivity index (χ1v) is 10.2. The van der Waals surface area contributed by atoms with Gasteiger partial charge in [0.1, 0.15) is 12.3 Å². The summed E-state index contributed by atoms with van der Waals surface area (Å²) >= 11 is 0. The van der Waals surface area contributed by atoms with Gasteiger partial charge in [0.25, 0.3) is 5.91 Å². The number of hydrogen-bond acceptors (Lipinski definition) is 4. The number of amides is 2. The van der Waals surface area contributed by atoms with Gasteiger partial charge in [0.05, 0.1) is 20.3 Å². The molecule has 0 bridgehead atoms. The number of nitrogens with zero attached hydrogens (tertiary/aromatic N) is 3. The molecular weight excluding hydrogens is 382 g/mol. The summed E-state index contributed by atoms with van der Waals surface area (Å²) in [5.74, 6) is 0.327. The Labute approximate surface area is 179 Å². The Kier molecular flexibility index (Phi) is 8.92. The molecule has 30 heavy (non-hydrogen) atoms. The molecule has 2 amide bonds. The molecule has 0 N–H and O–H groups in total. The van der Waals surface area contributed by atoms with Crippen LogP contribution in [0.5, 0.6) is 5.75 Å². The van der Waals surface area contributed by atoms with Gasteiger partial charge in [-0.2, -0.15) is 0 Å². The lowest BCUT2D eigenvalue weighted by Crippen LogP contribution is -2.47. The first-order chi connectivity index (χ1) is 14.4. The van der Waals surface area contributed by atoms with Crippen molar-refractivity contribution < 1.29 is 19.1 Å². The highest BCUT2D eigenvalue weighted by molar-refractivity contribution is 5.97. The van der Waals surface area contributed by atoms with Gasteiger partial charge in [0.2, 0.25) is 5.91 Å². The van der Waals surface area contributed by atoms with Gasteiger partial charge in [-0.05, 0) is 43.7 Å². The van der Waals surface area contributed by atoms with E-state index in [0.717, 1.165) is 12.1 Å². The minimum Gasteiger partial charge on any atom is -0.497 e. The number of carbonyl (C=O) groups excluding carboxylic acids is 2. The number of methoxy groups -OCH3 is 2. The quantitative estimate of drug-likeness (QED) is 0.566. The van der Waals surface area contributed by atoms with Crippen molar-refractivity contribution in [1.82, 2.24) is 14.4 Å². The van der Waals surface area contributed by atoms with Gasteiger partial charge in [-0.15, -0.1) is 0 Å². The highest BCUT2D eigenvalue weighted by Crippen LogP contribution is 2.17. The molecule has 0 saturated heterocycles. The highest BCUT2D eigenvalue weighted by atomic mass is 16.5. The molecular formula is C23H33N3O4. The van der Waals surface area contributed by atoms with Crippen LogP contribution in [0.2, 0.25) is 0 Å². The van der Waals surface area contributed by atoms with Gasteiger partial charge in [0, 0.05) is 44.2 Å². The maximum atomic E-state index is 13.2. The normalized spacial score (nSPS) is 11.8. The van der Waals surface area contributed by atoms with E-state index in [9.17, 15) is 9.59 Å². The second-order valence-electron chi connectivity index (χ2n) is 7.34. The van der Waals surface area contributed by atoms with Gasteiger partial charge < -0.3 is 23.8 Å². The second kappa shape index (κ2) is 11.4. The number of rotatable bonds is 11. The summed E-state index contributed by atoms with van der Waals surface area (Å²) in [4.78, 5) is 29.8. The largest absolute Gasteiger partial charge is 0.497 e. The standard InChI is InChI=1S/C23H33N3O4/c1-6-18(2)26(23(28)19-9-7-11-21(15-19)30-5)17-22(27)25(13-14-29-4)16-20-10-8-12-24(20)3/h7-12,15,18H,6,13-14,16-17H2,1-5H3. The summed E-state index contributed by atoms with van der Waals surface area (Å²) in [7, 11) is 5.13. The van der Waals surface area contributed by atoms with Crippen LogP contribution >= 0.6 is 0 Å². The summed E-state index contributed by atoms with van der Waals surface area (Å²) in [5.41, 5.74) is 1.53. The maximum Gasteiger partial charge on any atom is 0.254 e. The molecule has 1 aromatic carbocycles. The van der Waals surface area contributed by atoms with E-state index in [0.29, 0.717) is 31.0 Å². The SMILES string of the molecule is CCC(C)N(CC(=O)N(CCOC)Cc1cccn1C)C(=O)c1cccc(OC)c1. The average molecular weight is 416 g/mol. The van der Waals surface area contributed by atoms with Crippen LogP contribution in [0, 0.1) is 0 Å². The van der Waals surface area contributed by atoms with E-state index in [-0.39, 0.29) is 24.4 Å². The number of hydrogen-bond donors (Lipinski definition) is 0. The van der Waals surface area contributed by atoms with Crippen LogP contribution < -0.4 is 4.74 Å². The van der Waals surface area contributed by atoms with Crippen LogP contribution in [0.1, 0.15) is 36.3 Å². The molecule has 1 atom stereocenters. The van der Waals surface area contributed by atoms with Crippen molar-refractivity contribution in [2.24, 2.45) is 7.05 Å². The fourth-order valence-electron chi connectivity index (χ4n) is 3.17. The van der Waals surface area contributed by atoms with Crippen LogP contribution in [0.15, 0.2) is 42.6 Å². The molecule has 0 aliphatic heterocycles. The lowest BCUT2D eigenvalue weighted by Gasteiger charge is -2.31. The van der Waals surface area contributed by atoms with E-state index >= 15 is 0 Å². The molecule has 0 spiro atoms. The Morgan fingerprint density at radius 3 is 2.53 bits per heavy atom. The van der Waals surface area contributed by atoms with Crippen LogP contribution in [0.4, 0.5) is 0 Å². The molecule has 1 unspecified atom stereocenters. The molecule has 164 valence electrons. The van der Waals surface area contributed by atoms with Crippen molar-refractivity contribution in [3.05, 3.63) is 53.9 Å². The van der Waals surface area contributed by atoms with Gasteiger partial charge in [-0.3, -0.25) is 9.59 Å². The summed E-state index contributed by atoms with van der Waals surface area (Å²) in [5, 5.41) is 0. The Morgan fingerprint density at radius 2 is 1.93 bits per heavy atom. The zero-order valence-corrected chi connectivity index (χ0v) is 18.6. The number of carbonyl (C=O) groups is 2. The first-order valence-electron chi connectivity index (χ1n) is 10.2. The Balaban J connectivity index is 2.22. The van der Waals surface area contributed by atoms with Crippen molar-refractivity contribution in [2.75, 3.05) is 33.9 Å². The molecule has 0 aliphatic carbocycles. The van der Waals surface area contributed by atoms with Gasteiger partial charge >= 0.3 is 0 Å². The smallest absolute Gasteiger partial charge is 0.254 e. The van der Waals surface area contributed by atoms with Crippen molar-refractivity contribution in [1.29, 1.82) is 0 Å². The third kappa shape index (κ3) is 6.10. The van der Waals surface area contributed by atoms with E-state index in [1.807, 2.05) is 43.8 Å². The van der Waals surface area contributed by atoms with Crippen LogP contribution in [-0.4, -0.2) is 66.1 Å². The number of aromatic nitrogens is 1. The number of benzene rings is 1. The Morgan fingerprint density at radius 1 is 1.17 bits per heavy atom. The molecule has 0 saturated carbocycles. The molecule has 1 aromatic heterocycles. The zero-order chi connectivity index (χ0) is 22.1. The third-order valence-electron chi connectivity index (χ3n) is 5.33. The van der Waals surface area contributed by atoms with Crippen LogP contribution in [0.25, 0.3) is 0 Å². The van der Waals surface area contributed by atoms with Crippen molar-refractivity contribution in [3.8, 4) is 5.75 Å². The molecule has 0 aliphatic rings. The van der Waals surface area contributed by atoms with E-state index < -0.39 is 0 Å². The summed E-state index contributed by atoms with van der Waals surface area (Å²) in [6, 6.07) is 10.9. The summed E-state index contributed by atoms with van der Waals surface area (Å²) in [6.07, 6.45) is 2.70. The topological polar surface area (TPSA) is 64.0 Å². The molecule has 7 nitrogen and oxygen atoms in total. The number of ether oxygens (including phenoxy) is 2. The highest BCUT2D eigenvalue weighted by Gasteiger charge is 2.26. The predicted molar refractivity (Wildman–Crippen MR) is 116 cm³/mol. The molecule has 7 heteroatoms. The molecule has 2 aromatic rings. The molecule has 0 fully saturated rings. The van der Waals surface area contributed by atoms with Gasteiger partial charge in [-0.25, -0.2) is 0 Å². The van der Waals surface area contributed by atoms with Crippen molar-refractivity contribution in [2.45, 2.75) is 32.9 Å². The van der Waals surface area contributed by atoms with E-state index in [4.69, 9.17) is 9.47 Å². The van der Waals surface area contributed by atoms with E-state index in [1.54, 1.807) is 48.3 Å². The van der Waals surface area contributed by atoms with Crippen molar-refractivity contribution in [3.63, 3.8) is 0 Å². The Hall–Kier alpha value is -2.80. The zero-order valence-electron chi connectivity index (χ0n) is 18.6. The van der Waals surface area contributed by atoms with Crippen LogP contribution in [0.3, 0.4) is 0 Å². The van der Waals surface area contributed by atoms with Gasteiger partial charge in [-0.1, -0.05) is 13.0 Å². The monoisotopic (exact) mass is 415 g/mol. The van der Waals surface area contributed by atoms with Crippen LogP contribution in [-0.2, 0) is 23.1 Å². The first kappa shape index (κ1) is 23.5. The van der Waals surface area contributed by atoms with E-state index in [1.165, 1.54) is 0 Å². The van der Waals surface area contributed by atoms with Gasteiger partial charge in [0.15, 0.2) is 0 Å². The second-order valence-corrected chi connectivity index (χ2v) is 7.34. The lowest BCUT2D eigenvalue weighted by atomic mass is 10.1. The molecule has 2 rings (SSSR count). The number of aryl methyl sites for hydroxylation is 1. The summed E-state index contributed by atoms with van der Waals surface area (Å²) < 4.78 is 12.4. The van der Waals surface area contributed by atoms with Crippen molar-refractivity contribution >= 4 is 11.8 Å². The third-order valence-corrected chi connectivity index (χ3v) is 5.33. The lowest BCUT2D eigenvalue weighted by molar-refractivity contribution is -0.133. The average Bonchev–Trinajstić information content (AvgIpc) is 3.17. The molecule has 1 heterocycles. The predicted octanol–water partition coefficient (Wildman–Crippen LogP) is 2.95.